The van der Waals surface area contributed by atoms with Crippen LogP contribution in [0.25, 0.3) is 11.3 Å². The number of benzene rings is 1. The van der Waals surface area contributed by atoms with E-state index in [-0.39, 0.29) is 17.0 Å². The summed E-state index contributed by atoms with van der Waals surface area (Å²) < 4.78 is 7.69. The molecule has 2 aromatic rings. The number of thioether (sulfide) groups is 1. The van der Waals surface area contributed by atoms with E-state index in [0.29, 0.717) is 24.5 Å². The Bertz CT molecular complexity index is 1040. The minimum atomic E-state index is 0. The lowest BCUT2D eigenvalue weighted by Crippen LogP contribution is -3.00. The van der Waals surface area contributed by atoms with E-state index >= 15 is 0 Å². The van der Waals surface area contributed by atoms with Crippen molar-refractivity contribution < 1.29 is 21.7 Å². The SMILES string of the molecule is C=CCN1C(c2ccc(OCC)cc2)=CS/C1=C(\C#N)c1nnc2n1CCCCC2.[Br-]. The Morgan fingerprint density at radius 1 is 1.26 bits per heavy atom. The number of nitriles is 1. The van der Waals surface area contributed by atoms with E-state index in [9.17, 15) is 5.26 Å². The van der Waals surface area contributed by atoms with Crippen molar-refractivity contribution in [1.29, 1.82) is 5.26 Å². The zero-order valence-corrected chi connectivity index (χ0v) is 20.0. The first-order valence-electron chi connectivity index (χ1n) is 10.3. The Labute approximate surface area is 198 Å². The largest absolute Gasteiger partial charge is 1.00 e. The van der Waals surface area contributed by atoms with Gasteiger partial charge >= 0.3 is 0 Å². The molecular formula is C23H25BrN5OS-. The van der Waals surface area contributed by atoms with Gasteiger partial charge in [0.1, 0.15) is 28.2 Å². The van der Waals surface area contributed by atoms with E-state index in [1.165, 1.54) is 6.42 Å². The molecule has 31 heavy (non-hydrogen) atoms. The van der Waals surface area contributed by atoms with Crippen LogP contribution in [-0.2, 0) is 13.0 Å². The molecule has 0 atom stereocenters. The number of ether oxygens (including phenoxy) is 1. The number of aryl methyl sites for hydroxylation is 1. The van der Waals surface area contributed by atoms with E-state index in [0.717, 1.165) is 53.7 Å². The summed E-state index contributed by atoms with van der Waals surface area (Å²) >= 11 is 1.56. The molecular weight excluding hydrogens is 474 g/mol. The van der Waals surface area contributed by atoms with E-state index in [1.54, 1.807) is 11.8 Å². The van der Waals surface area contributed by atoms with Crippen molar-refractivity contribution >= 4 is 23.0 Å². The fraction of sp³-hybridized carbons (Fsp3) is 0.348. The smallest absolute Gasteiger partial charge is 0.177 e. The third-order valence-electron chi connectivity index (χ3n) is 5.25. The average Bonchev–Trinajstić information content (AvgIpc) is 3.27. The first-order valence-corrected chi connectivity index (χ1v) is 11.2. The number of rotatable bonds is 6. The normalized spacial score (nSPS) is 17.0. The maximum atomic E-state index is 10.1. The van der Waals surface area contributed by atoms with Crippen molar-refractivity contribution in [3.63, 3.8) is 0 Å². The molecule has 0 unspecified atom stereocenters. The highest BCUT2D eigenvalue weighted by atomic mass is 79.9. The number of hydrogen-bond donors (Lipinski definition) is 0. The number of allylic oxidation sites excluding steroid dienone is 1. The summed E-state index contributed by atoms with van der Waals surface area (Å²) in [5, 5.41) is 21.8. The topological polar surface area (TPSA) is 67.0 Å². The molecule has 0 radical (unpaired) electrons. The van der Waals surface area contributed by atoms with Crippen LogP contribution in [0.2, 0.25) is 0 Å². The number of nitrogens with zero attached hydrogens (tertiary/aromatic N) is 5. The van der Waals surface area contributed by atoms with Crippen LogP contribution in [0, 0.1) is 11.3 Å². The van der Waals surface area contributed by atoms with Crippen LogP contribution in [0.1, 0.15) is 43.4 Å². The van der Waals surface area contributed by atoms with Gasteiger partial charge in [-0.15, -0.1) is 16.8 Å². The Balaban J connectivity index is 0.00000272. The molecule has 6 nitrogen and oxygen atoms in total. The average molecular weight is 499 g/mol. The van der Waals surface area contributed by atoms with Gasteiger partial charge in [0, 0.05) is 24.9 Å². The molecule has 0 N–H and O–H groups in total. The molecule has 162 valence electrons. The van der Waals surface area contributed by atoms with Gasteiger partial charge in [0.05, 0.1) is 12.3 Å². The Morgan fingerprint density at radius 3 is 2.77 bits per heavy atom. The van der Waals surface area contributed by atoms with Crippen LogP contribution in [0.3, 0.4) is 0 Å². The van der Waals surface area contributed by atoms with Crippen LogP contribution in [0.4, 0.5) is 0 Å². The van der Waals surface area contributed by atoms with E-state index in [2.05, 4.69) is 37.7 Å². The standard InChI is InChI=1S/C23H25N5OS.BrH/c1-3-13-27-20(17-9-11-18(12-10-17)29-4-2)16-30-23(27)19(15-24)22-26-25-21-8-6-5-7-14-28(21)22;/h3,9-12,16H,1,4-8,13-14H2,2H3;1H/p-1/b23-19+;. The third kappa shape index (κ3) is 4.73. The summed E-state index contributed by atoms with van der Waals surface area (Å²) in [4.78, 5) is 2.13. The van der Waals surface area contributed by atoms with Gasteiger partial charge in [0.15, 0.2) is 5.82 Å². The van der Waals surface area contributed by atoms with Crippen LogP contribution in [0.5, 0.6) is 5.75 Å². The first kappa shape index (κ1) is 23.2. The summed E-state index contributed by atoms with van der Waals surface area (Å²) in [6, 6.07) is 10.5. The summed E-state index contributed by atoms with van der Waals surface area (Å²) in [6.45, 7) is 8.00. The van der Waals surface area contributed by atoms with Gasteiger partial charge in [0.2, 0.25) is 0 Å². The van der Waals surface area contributed by atoms with Crippen molar-refractivity contribution in [3.8, 4) is 11.8 Å². The zero-order chi connectivity index (χ0) is 20.9. The van der Waals surface area contributed by atoms with Gasteiger partial charge in [-0.3, -0.25) is 0 Å². The molecule has 2 aliphatic heterocycles. The zero-order valence-electron chi connectivity index (χ0n) is 17.6. The van der Waals surface area contributed by atoms with Gasteiger partial charge in [-0.25, -0.2) is 0 Å². The van der Waals surface area contributed by atoms with Gasteiger partial charge < -0.3 is 31.2 Å². The molecule has 0 spiro atoms. The van der Waals surface area contributed by atoms with Crippen molar-refractivity contribution in [2.75, 3.05) is 13.2 Å². The summed E-state index contributed by atoms with van der Waals surface area (Å²) in [5.74, 6) is 2.50. The second kappa shape index (κ2) is 10.7. The van der Waals surface area contributed by atoms with Gasteiger partial charge in [0.25, 0.3) is 0 Å². The molecule has 0 aliphatic carbocycles. The van der Waals surface area contributed by atoms with Crippen molar-refractivity contribution in [2.24, 2.45) is 0 Å². The minimum absolute atomic E-state index is 0. The lowest BCUT2D eigenvalue weighted by Gasteiger charge is -2.23. The third-order valence-corrected chi connectivity index (χ3v) is 6.24. The molecule has 0 amide bonds. The van der Waals surface area contributed by atoms with E-state index in [1.807, 2.05) is 37.3 Å². The van der Waals surface area contributed by atoms with Crippen LogP contribution in [0.15, 0.2) is 47.4 Å². The molecule has 0 saturated heterocycles. The lowest BCUT2D eigenvalue weighted by atomic mass is 10.1. The van der Waals surface area contributed by atoms with Gasteiger partial charge in [-0.1, -0.05) is 24.3 Å². The highest BCUT2D eigenvalue weighted by molar-refractivity contribution is 8.06. The predicted octanol–water partition coefficient (Wildman–Crippen LogP) is 1.83. The lowest BCUT2D eigenvalue weighted by molar-refractivity contribution is -0.00000691. The summed E-state index contributed by atoms with van der Waals surface area (Å²) in [5.41, 5.74) is 2.68. The summed E-state index contributed by atoms with van der Waals surface area (Å²) in [7, 11) is 0. The monoisotopic (exact) mass is 498 g/mol. The van der Waals surface area contributed by atoms with Crippen molar-refractivity contribution in [2.45, 2.75) is 39.2 Å². The molecule has 0 fully saturated rings. The van der Waals surface area contributed by atoms with Crippen LogP contribution < -0.4 is 21.7 Å². The molecule has 8 heteroatoms. The molecule has 4 rings (SSSR count). The Hall–Kier alpha value is -2.50. The van der Waals surface area contributed by atoms with Crippen molar-refractivity contribution in [1.82, 2.24) is 19.7 Å². The molecule has 1 aromatic heterocycles. The van der Waals surface area contributed by atoms with Gasteiger partial charge in [-0.05, 0) is 49.6 Å². The maximum absolute atomic E-state index is 10.1. The first-order chi connectivity index (χ1) is 14.8. The second-order valence-electron chi connectivity index (χ2n) is 7.17. The van der Waals surface area contributed by atoms with E-state index < -0.39 is 0 Å². The number of hydrogen-bond acceptors (Lipinski definition) is 6. The highest BCUT2D eigenvalue weighted by Crippen LogP contribution is 2.43. The molecule has 0 saturated carbocycles. The number of halogens is 1. The molecule has 2 aliphatic rings. The molecule has 3 heterocycles. The number of fused-ring (bicyclic) bond motifs is 1. The number of aromatic nitrogens is 3. The maximum Gasteiger partial charge on any atom is 0.177 e. The molecule has 1 aromatic carbocycles. The minimum Gasteiger partial charge on any atom is -1.00 e. The fourth-order valence-corrected chi connectivity index (χ4v) is 4.87. The highest BCUT2D eigenvalue weighted by Gasteiger charge is 2.29. The van der Waals surface area contributed by atoms with Crippen LogP contribution >= 0.6 is 11.8 Å². The molecule has 0 bridgehead atoms. The quantitative estimate of drug-likeness (QED) is 0.447. The van der Waals surface area contributed by atoms with Crippen LogP contribution in [-0.4, -0.2) is 32.8 Å². The second-order valence-corrected chi connectivity index (χ2v) is 8.03. The van der Waals surface area contributed by atoms with Gasteiger partial charge in [-0.2, -0.15) is 5.26 Å². The Morgan fingerprint density at radius 2 is 2.06 bits per heavy atom. The Kier molecular flexibility index (Phi) is 7.99. The predicted molar refractivity (Wildman–Crippen MR) is 120 cm³/mol. The summed E-state index contributed by atoms with van der Waals surface area (Å²) in [6.07, 6.45) is 6.17. The van der Waals surface area contributed by atoms with E-state index in [4.69, 9.17) is 4.74 Å². The van der Waals surface area contributed by atoms with Crippen molar-refractivity contribution in [3.05, 3.63) is 64.6 Å². The fourth-order valence-electron chi connectivity index (χ4n) is 3.83.